The van der Waals surface area contributed by atoms with Crippen LogP contribution in [0.2, 0.25) is 0 Å². The highest BCUT2D eigenvalue weighted by Crippen LogP contribution is 2.47. The number of carbonyl (C=O) groups excluding carboxylic acids is 2. The molecule has 1 saturated heterocycles. The molecule has 3 N–H and O–H groups in total. The van der Waals surface area contributed by atoms with E-state index < -0.39 is 23.9 Å². The normalized spacial score (nSPS) is 22.7. The zero-order valence-electron chi connectivity index (χ0n) is 22.2. The molecular weight excluding hydrogens is 480 g/mol. The van der Waals surface area contributed by atoms with Gasteiger partial charge in [0.2, 0.25) is 11.8 Å². The number of fused-ring (bicyclic) bond motifs is 1. The van der Waals surface area contributed by atoms with Gasteiger partial charge in [0.15, 0.2) is 0 Å². The van der Waals surface area contributed by atoms with Crippen LogP contribution in [0, 0.1) is 17.8 Å². The van der Waals surface area contributed by atoms with Crippen molar-refractivity contribution in [2.45, 2.75) is 58.5 Å². The largest absolute Gasteiger partial charge is 0.508 e. The van der Waals surface area contributed by atoms with Gasteiger partial charge in [0.1, 0.15) is 5.75 Å². The van der Waals surface area contributed by atoms with Crippen LogP contribution in [0.1, 0.15) is 63.6 Å². The molecule has 1 fully saturated rings. The third kappa shape index (κ3) is 5.74. The van der Waals surface area contributed by atoms with Crippen molar-refractivity contribution in [3.8, 4) is 5.75 Å². The highest BCUT2D eigenvalue weighted by molar-refractivity contribution is 6.05. The number of pyridine rings is 1. The summed E-state index contributed by atoms with van der Waals surface area (Å²) in [6.07, 6.45) is 6.39. The maximum Gasteiger partial charge on any atom is 0.233 e. The fourth-order valence-corrected chi connectivity index (χ4v) is 6.10. The predicted octanol–water partition coefficient (Wildman–Crippen LogP) is 4.59. The molecule has 1 aliphatic carbocycles. The van der Waals surface area contributed by atoms with E-state index >= 15 is 0 Å². The molecular formula is C31H38N2O5. The van der Waals surface area contributed by atoms with Crippen LogP contribution in [0.15, 0.2) is 59.8 Å². The van der Waals surface area contributed by atoms with Crippen LogP contribution in [-0.2, 0) is 9.59 Å². The lowest BCUT2D eigenvalue weighted by molar-refractivity contribution is -0.140. The Balaban J connectivity index is 1.63. The van der Waals surface area contributed by atoms with Crippen molar-refractivity contribution >= 4 is 23.5 Å². The van der Waals surface area contributed by atoms with Gasteiger partial charge in [-0.2, -0.15) is 0 Å². The van der Waals surface area contributed by atoms with E-state index in [0.29, 0.717) is 38.6 Å². The number of allylic oxidation sites excluding steroid dienone is 2. The van der Waals surface area contributed by atoms with Crippen LogP contribution >= 0.6 is 0 Å². The van der Waals surface area contributed by atoms with Gasteiger partial charge >= 0.3 is 0 Å². The first kappa shape index (κ1) is 27.7. The molecule has 2 aliphatic rings. The standard InChI is InChI=1S/C31H38N2O5/c1-3-8-22-18-24-29(31(38)33(15-4-2)30(24)37)25(19-34)28(22)27(36)13-12-21(26-11-5-6-14-32-26)16-20-9-7-10-23(35)17-20/h5-7,9-11,14,16-17,24-25,27,29,34-36H,3-4,8,12-13,15,18-19H2,1-2H3/b21-16-/t24-,25+,27-,29-/m1/s1. The van der Waals surface area contributed by atoms with E-state index in [-0.39, 0.29) is 24.2 Å². The van der Waals surface area contributed by atoms with Crippen LogP contribution in [0.4, 0.5) is 0 Å². The van der Waals surface area contributed by atoms with Gasteiger partial charge in [0.25, 0.3) is 0 Å². The summed E-state index contributed by atoms with van der Waals surface area (Å²) in [4.78, 5) is 32.2. The van der Waals surface area contributed by atoms with E-state index in [1.807, 2.05) is 37.3 Å². The monoisotopic (exact) mass is 518 g/mol. The minimum Gasteiger partial charge on any atom is -0.508 e. The van der Waals surface area contributed by atoms with E-state index in [9.17, 15) is 24.9 Å². The maximum absolute atomic E-state index is 13.3. The van der Waals surface area contributed by atoms with Crippen molar-refractivity contribution in [2.24, 2.45) is 17.8 Å². The van der Waals surface area contributed by atoms with Gasteiger partial charge in [-0.1, -0.05) is 44.0 Å². The van der Waals surface area contributed by atoms with Gasteiger partial charge in [-0.05, 0) is 79.2 Å². The molecule has 38 heavy (non-hydrogen) atoms. The van der Waals surface area contributed by atoms with Crippen molar-refractivity contribution in [1.82, 2.24) is 9.88 Å². The summed E-state index contributed by atoms with van der Waals surface area (Å²) in [5.41, 5.74) is 4.23. The molecule has 2 heterocycles. The molecule has 202 valence electrons. The topological polar surface area (TPSA) is 111 Å². The Morgan fingerprint density at radius 1 is 1.13 bits per heavy atom. The van der Waals surface area contributed by atoms with E-state index in [1.165, 1.54) is 4.90 Å². The highest BCUT2D eigenvalue weighted by atomic mass is 16.3. The number of phenolic OH excluding ortho intramolecular Hbond substituents is 1. The molecule has 0 spiro atoms. The fourth-order valence-electron chi connectivity index (χ4n) is 6.10. The summed E-state index contributed by atoms with van der Waals surface area (Å²) < 4.78 is 0. The highest BCUT2D eigenvalue weighted by Gasteiger charge is 2.54. The summed E-state index contributed by atoms with van der Waals surface area (Å²) >= 11 is 0. The van der Waals surface area contributed by atoms with Crippen molar-refractivity contribution in [2.75, 3.05) is 13.2 Å². The first-order chi connectivity index (χ1) is 18.4. The average molecular weight is 519 g/mol. The van der Waals surface area contributed by atoms with Crippen LogP contribution in [0.5, 0.6) is 5.75 Å². The summed E-state index contributed by atoms with van der Waals surface area (Å²) in [7, 11) is 0. The number of imide groups is 1. The number of aliphatic hydroxyl groups is 2. The Hall–Kier alpha value is -3.29. The van der Waals surface area contributed by atoms with E-state index in [1.54, 1.807) is 24.4 Å². The molecule has 2 amide bonds. The first-order valence-corrected chi connectivity index (χ1v) is 13.7. The molecule has 1 aliphatic heterocycles. The lowest BCUT2D eigenvalue weighted by Crippen LogP contribution is -2.39. The number of benzene rings is 1. The second kappa shape index (κ2) is 12.5. The van der Waals surface area contributed by atoms with Gasteiger partial charge in [0.05, 0.1) is 30.2 Å². The van der Waals surface area contributed by atoms with Crippen molar-refractivity contribution in [3.05, 3.63) is 71.1 Å². The Labute approximate surface area is 224 Å². The van der Waals surface area contributed by atoms with Crippen molar-refractivity contribution < 1.29 is 24.9 Å². The Kier molecular flexibility index (Phi) is 9.13. The van der Waals surface area contributed by atoms with Gasteiger partial charge in [0, 0.05) is 18.7 Å². The molecule has 1 aromatic carbocycles. The molecule has 7 nitrogen and oxygen atoms in total. The SMILES string of the molecule is CCCC1=C([C@H](O)CC/C(=C/c2cccc(O)c2)c2ccccn2)[C@H](CO)[C@@H]2C(=O)N(CCC)C(=O)[C@@H]2C1. The fraction of sp³-hybridized carbons (Fsp3) is 0.452. The molecule has 1 aromatic heterocycles. The predicted molar refractivity (Wildman–Crippen MR) is 147 cm³/mol. The number of amides is 2. The number of aromatic hydroxyl groups is 1. The van der Waals surface area contributed by atoms with Crippen molar-refractivity contribution in [3.63, 3.8) is 0 Å². The second-order valence-corrected chi connectivity index (χ2v) is 10.3. The number of carbonyl (C=O) groups is 2. The maximum atomic E-state index is 13.3. The van der Waals surface area contributed by atoms with Gasteiger partial charge in [-0.15, -0.1) is 0 Å². The minimum atomic E-state index is -0.867. The number of hydrogen-bond acceptors (Lipinski definition) is 6. The van der Waals surface area contributed by atoms with Crippen LogP contribution in [0.25, 0.3) is 11.6 Å². The summed E-state index contributed by atoms with van der Waals surface area (Å²) in [5, 5.41) is 31.9. The molecule has 0 bridgehead atoms. The molecule has 2 aromatic rings. The number of aliphatic hydroxyl groups excluding tert-OH is 2. The summed E-state index contributed by atoms with van der Waals surface area (Å²) in [6.45, 7) is 4.09. The number of nitrogens with zero attached hydrogens (tertiary/aromatic N) is 2. The van der Waals surface area contributed by atoms with Gasteiger partial charge in [-0.25, -0.2) is 0 Å². The zero-order chi connectivity index (χ0) is 27.2. The molecule has 4 atom stereocenters. The van der Waals surface area contributed by atoms with Crippen LogP contribution < -0.4 is 0 Å². The quantitative estimate of drug-likeness (QED) is 0.296. The average Bonchev–Trinajstić information content (AvgIpc) is 3.15. The number of likely N-dealkylation sites (tertiary alicyclic amines) is 1. The van der Waals surface area contributed by atoms with E-state index in [4.69, 9.17) is 0 Å². The number of phenols is 1. The molecule has 0 unspecified atom stereocenters. The van der Waals surface area contributed by atoms with E-state index in [2.05, 4.69) is 11.9 Å². The summed E-state index contributed by atoms with van der Waals surface area (Å²) in [6, 6.07) is 12.6. The number of rotatable bonds is 11. The third-order valence-electron chi connectivity index (χ3n) is 7.72. The minimum absolute atomic E-state index is 0.145. The van der Waals surface area contributed by atoms with Gasteiger partial charge < -0.3 is 15.3 Å². The Morgan fingerprint density at radius 2 is 1.95 bits per heavy atom. The van der Waals surface area contributed by atoms with E-state index in [0.717, 1.165) is 34.4 Å². The lowest BCUT2D eigenvalue weighted by atomic mass is 9.67. The van der Waals surface area contributed by atoms with Crippen LogP contribution in [-0.4, -0.2) is 56.3 Å². The molecule has 4 rings (SSSR count). The number of aromatic nitrogens is 1. The molecule has 7 heteroatoms. The number of hydrogen-bond donors (Lipinski definition) is 3. The summed E-state index contributed by atoms with van der Waals surface area (Å²) in [5.74, 6) is -1.85. The third-order valence-corrected chi connectivity index (χ3v) is 7.72. The lowest BCUT2D eigenvalue weighted by Gasteiger charge is -2.36. The van der Waals surface area contributed by atoms with Crippen molar-refractivity contribution in [1.29, 1.82) is 0 Å². The molecule has 0 radical (unpaired) electrons. The smallest absolute Gasteiger partial charge is 0.233 e. The zero-order valence-corrected chi connectivity index (χ0v) is 22.2. The second-order valence-electron chi connectivity index (χ2n) is 10.3. The molecule has 0 saturated carbocycles. The van der Waals surface area contributed by atoms with Gasteiger partial charge in [-0.3, -0.25) is 19.5 Å². The Bertz CT molecular complexity index is 1210. The first-order valence-electron chi connectivity index (χ1n) is 13.7. The van der Waals surface area contributed by atoms with Crippen LogP contribution in [0.3, 0.4) is 0 Å². The Morgan fingerprint density at radius 3 is 2.61 bits per heavy atom.